The van der Waals surface area contributed by atoms with Crippen molar-refractivity contribution in [2.45, 2.75) is 127 Å². The quantitative estimate of drug-likeness (QED) is 0.152. The molecule has 0 unspecified atom stereocenters. The first-order valence-electron chi connectivity index (χ1n) is 18.0. The maximum absolute atomic E-state index is 5.12. The van der Waals surface area contributed by atoms with E-state index in [0.717, 1.165) is 5.69 Å². The number of unbranched alkanes of at least 4 members (excludes halogenated alkanes) is 6. The number of benzene rings is 3. The summed E-state index contributed by atoms with van der Waals surface area (Å²) >= 11 is 0. The summed E-state index contributed by atoms with van der Waals surface area (Å²) in [4.78, 5) is 5.12. The molecule has 3 aliphatic rings. The van der Waals surface area contributed by atoms with Crippen LogP contribution < -0.4 is 0 Å². The molecule has 1 heteroatoms. The fourth-order valence-corrected chi connectivity index (χ4v) is 9.58. The number of nitrogens with zero attached hydrogens (tertiary/aromatic N) is 1. The van der Waals surface area contributed by atoms with Gasteiger partial charge in [-0.15, -0.1) is 0 Å². The minimum Gasteiger partial charge on any atom is -0.256 e. The van der Waals surface area contributed by atoms with Gasteiger partial charge in [-0.2, -0.15) is 0 Å². The number of hydrogen-bond donors (Lipinski definition) is 0. The number of rotatable bonds is 12. The molecule has 3 aliphatic carbocycles. The Bertz CT molecular complexity index is 1550. The lowest BCUT2D eigenvalue weighted by molar-refractivity contribution is 0.299. The van der Waals surface area contributed by atoms with Crippen molar-refractivity contribution in [3.05, 3.63) is 101 Å². The average molecular weight is 582 g/mol. The predicted octanol–water partition coefficient (Wildman–Crippen LogP) is 12.2. The molecule has 0 aliphatic heterocycles. The normalized spacial score (nSPS) is 21.5. The van der Waals surface area contributed by atoms with E-state index in [0.29, 0.717) is 10.8 Å². The first kappa shape index (κ1) is 29.5. The van der Waals surface area contributed by atoms with Crippen LogP contribution in [0.1, 0.15) is 126 Å². The van der Waals surface area contributed by atoms with E-state index in [1.807, 2.05) is 0 Å². The second kappa shape index (κ2) is 12.7. The minimum atomic E-state index is 0.303. The lowest BCUT2D eigenvalue weighted by Crippen LogP contribution is -2.43. The number of aryl methyl sites for hydroxylation is 2. The zero-order chi connectivity index (χ0) is 30.0. The lowest BCUT2D eigenvalue weighted by atomic mass is 9.55. The summed E-state index contributed by atoms with van der Waals surface area (Å²) in [5, 5.41) is 0. The summed E-state index contributed by atoms with van der Waals surface area (Å²) in [6.45, 7) is 4.59. The van der Waals surface area contributed by atoms with Gasteiger partial charge in [0, 0.05) is 28.2 Å². The van der Waals surface area contributed by atoms with Gasteiger partial charge in [0.1, 0.15) is 0 Å². The summed E-state index contributed by atoms with van der Waals surface area (Å²) in [6.07, 6.45) is 23.1. The van der Waals surface area contributed by atoms with Gasteiger partial charge >= 0.3 is 0 Å². The monoisotopic (exact) mass is 581 g/mol. The Balaban J connectivity index is 1.19. The molecule has 1 aromatic heterocycles. The van der Waals surface area contributed by atoms with E-state index < -0.39 is 0 Å². The van der Waals surface area contributed by atoms with Crippen molar-refractivity contribution in [1.82, 2.24) is 4.98 Å². The van der Waals surface area contributed by atoms with Crippen LogP contribution in [-0.4, -0.2) is 4.98 Å². The topological polar surface area (TPSA) is 12.9 Å². The van der Waals surface area contributed by atoms with Gasteiger partial charge in [0.25, 0.3) is 0 Å². The first-order valence-corrected chi connectivity index (χ1v) is 18.0. The van der Waals surface area contributed by atoms with Crippen molar-refractivity contribution in [2.75, 3.05) is 0 Å². The molecule has 7 rings (SSSR count). The minimum absolute atomic E-state index is 0.303. The van der Waals surface area contributed by atoms with E-state index in [9.17, 15) is 0 Å². The Kier molecular flexibility index (Phi) is 8.50. The fraction of sp³-hybridized carbons (Fsp3) is 0.465. The van der Waals surface area contributed by atoms with Crippen LogP contribution in [0.3, 0.4) is 0 Å². The van der Waals surface area contributed by atoms with Gasteiger partial charge in [0.2, 0.25) is 0 Å². The SMILES string of the molecule is CCCCCCc1cc(CCCCCC)cc(-c2ccc(-c3ccc4c(c3)[C@]35CCC[C@]3(CCC5)c3ccccc3-4)nc2)c1. The number of aromatic nitrogens is 1. The van der Waals surface area contributed by atoms with Gasteiger partial charge in [0.15, 0.2) is 0 Å². The van der Waals surface area contributed by atoms with Crippen LogP contribution in [0.2, 0.25) is 0 Å². The van der Waals surface area contributed by atoms with Gasteiger partial charge < -0.3 is 0 Å². The van der Waals surface area contributed by atoms with E-state index in [2.05, 4.69) is 92.8 Å². The molecule has 0 N–H and O–H groups in total. The molecule has 4 aromatic rings. The van der Waals surface area contributed by atoms with Crippen LogP contribution in [0.5, 0.6) is 0 Å². The molecular weight excluding hydrogens is 530 g/mol. The lowest BCUT2D eigenvalue weighted by Gasteiger charge is -2.48. The van der Waals surface area contributed by atoms with Gasteiger partial charge in [-0.05, 0) is 102 Å². The molecule has 2 saturated carbocycles. The Morgan fingerprint density at radius 2 is 1.16 bits per heavy atom. The molecule has 0 spiro atoms. The van der Waals surface area contributed by atoms with Gasteiger partial charge in [-0.1, -0.05) is 126 Å². The smallest absolute Gasteiger partial charge is 0.0702 e. The second-order valence-electron chi connectivity index (χ2n) is 14.3. The maximum Gasteiger partial charge on any atom is 0.0702 e. The largest absolute Gasteiger partial charge is 0.256 e. The third-order valence-electron chi connectivity index (χ3n) is 11.7. The van der Waals surface area contributed by atoms with Gasteiger partial charge in [-0.3, -0.25) is 4.98 Å². The zero-order valence-corrected chi connectivity index (χ0v) is 27.3. The molecule has 1 nitrogen and oxygen atoms in total. The third kappa shape index (κ3) is 5.15. The van der Waals surface area contributed by atoms with E-state index in [1.165, 1.54) is 142 Å². The van der Waals surface area contributed by atoms with Crippen LogP contribution in [0.25, 0.3) is 33.5 Å². The standard InChI is InChI=1S/C43H51N/c1-3-5-7-9-15-32-27-33(16-10-8-6-4-2)29-36(28-32)35-20-22-41(44-31-35)34-19-21-38-37-17-11-12-18-39(37)42-23-13-25-43(42,26-14-24-42)40(38)30-34/h11-12,17-22,27-31H,3-10,13-16,23-26H2,1-2H3/t42-,43+. The molecule has 0 bridgehead atoms. The van der Waals surface area contributed by atoms with Crippen LogP contribution in [0.4, 0.5) is 0 Å². The zero-order valence-electron chi connectivity index (χ0n) is 27.3. The number of pyridine rings is 1. The van der Waals surface area contributed by atoms with Gasteiger partial charge in [0.05, 0.1) is 5.69 Å². The Labute approximate surface area is 266 Å². The van der Waals surface area contributed by atoms with E-state index in [4.69, 9.17) is 4.98 Å². The second-order valence-corrected chi connectivity index (χ2v) is 14.3. The first-order chi connectivity index (χ1) is 21.7. The molecule has 0 atom stereocenters. The predicted molar refractivity (Wildman–Crippen MR) is 187 cm³/mol. The highest BCUT2D eigenvalue weighted by Gasteiger charge is 2.62. The van der Waals surface area contributed by atoms with Crippen LogP contribution >= 0.6 is 0 Å². The molecular formula is C43H51N. The summed E-state index contributed by atoms with van der Waals surface area (Å²) in [5.41, 5.74) is 14.8. The van der Waals surface area contributed by atoms with E-state index in [1.54, 1.807) is 11.1 Å². The Hall–Kier alpha value is -3.19. The Morgan fingerprint density at radius 3 is 1.80 bits per heavy atom. The molecule has 3 aromatic carbocycles. The maximum atomic E-state index is 5.12. The number of fused-ring (bicyclic) bond motifs is 3. The fourth-order valence-electron chi connectivity index (χ4n) is 9.58. The van der Waals surface area contributed by atoms with Crippen molar-refractivity contribution in [3.8, 4) is 33.5 Å². The highest BCUT2D eigenvalue weighted by molar-refractivity contribution is 5.81. The van der Waals surface area contributed by atoms with Crippen LogP contribution in [0.15, 0.2) is 79.0 Å². The Morgan fingerprint density at radius 1 is 0.545 bits per heavy atom. The summed E-state index contributed by atoms with van der Waals surface area (Å²) in [5.74, 6) is 0. The molecule has 1 heterocycles. The van der Waals surface area contributed by atoms with E-state index in [-0.39, 0.29) is 0 Å². The molecule has 2 fully saturated rings. The molecule has 44 heavy (non-hydrogen) atoms. The summed E-state index contributed by atoms with van der Waals surface area (Å²) in [7, 11) is 0. The molecule has 228 valence electrons. The van der Waals surface area contributed by atoms with Crippen molar-refractivity contribution < 1.29 is 0 Å². The highest BCUT2D eigenvalue weighted by Crippen LogP contribution is 2.69. The van der Waals surface area contributed by atoms with Crippen LogP contribution in [-0.2, 0) is 23.7 Å². The molecule has 0 radical (unpaired) electrons. The van der Waals surface area contributed by atoms with Gasteiger partial charge in [-0.25, -0.2) is 0 Å². The summed E-state index contributed by atoms with van der Waals surface area (Å²) in [6, 6.07) is 28.6. The summed E-state index contributed by atoms with van der Waals surface area (Å²) < 4.78 is 0. The van der Waals surface area contributed by atoms with Crippen molar-refractivity contribution in [3.63, 3.8) is 0 Å². The average Bonchev–Trinajstić information content (AvgIpc) is 3.64. The van der Waals surface area contributed by atoms with Crippen molar-refractivity contribution in [2.24, 2.45) is 0 Å². The number of hydrogen-bond acceptors (Lipinski definition) is 1. The van der Waals surface area contributed by atoms with Crippen molar-refractivity contribution in [1.29, 1.82) is 0 Å². The van der Waals surface area contributed by atoms with E-state index >= 15 is 0 Å². The van der Waals surface area contributed by atoms with Crippen molar-refractivity contribution >= 4 is 0 Å². The molecule has 0 saturated heterocycles. The highest BCUT2D eigenvalue weighted by atomic mass is 14.7. The molecule has 0 amide bonds. The third-order valence-corrected chi connectivity index (χ3v) is 11.7. The van der Waals surface area contributed by atoms with Crippen LogP contribution in [0, 0.1) is 0 Å².